The Balaban J connectivity index is 1.99. The van der Waals surface area contributed by atoms with Crippen molar-refractivity contribution >= 4 is 11.9 Å². The van der Waals surface area contributed by atoms with E-state index in [2.05, 4.69) is 5.16 Å². The van der Waals surface area contributed by atoms with E-state index >= 15 is 0 Å². The molecule has 1 fully saturated rings. The lowest BCUT2D eigenvalue weighted by molar-refractivity contribution is -0.147. The molecule has 104 valence electrons. The number of rotatable bonds is 5. The molecule has 2 heterocycles. The molecule has 1 atom stereocenters. The zero-order valence-electron chi connectivity index (χ0n) is 10.7. The van der Waals surface area contributed by atoms with Gasteiger partial charge in [-0.05, 0) is 6.42 Å². The van der Waals surface area contributed by atoms with Crippen LogP contribution in [-0.4, -0.2) is 40.7 Å². The van der Waals surface area contributed by atoms with E-state index in [1.54, 1.807) is 13.2 Å². The molecule has 0 saturated carbocycles. The predicted molar refractivity (Wildman–Crippen MR) is 63.0 cm³/mol. The van der Waals surface area contributed by atoms with E-state index in [4.69, 9.17) is 14.4 Å². The van der Waals surface area contributed by atoms with E-state index in [0.717, 1.165) is 0 Å². The Morgan fingerprint density at radius 3 is 3.16 bits per heavy atom. The minimum atomic E-state index is -0.863. The van der Waals surface area contributed by atoms with Crippen LogP contribution in [0.15, 0.2) is 10.6 Å². The highest BCUT2D eigenvalue weighted by Gasteiger charge is 2.30. The third kappa shape index (κ3) is 3.31. The van der Waals surface area contributed by atoms with E-state index in [1.807, 2.05) is 0 Å². The second-order valence-electron chi connectivity index (χ2n) is 4.57. The van der Waals surface area contributed by atoms with Crippen LogP contribution in [0.4, 0.5) is 0 Å². The first-order valence-corrected chi connectivity index (χ1v) is 6.04. The molecule has 1 N–H and O–H groups in total. The van der Waals surface area contributed by atoms with Gasteiger partial charge in [-0.2, -0.15) is 0 Å². The molecule has 19 heavy (non-hydrogen) atoms. The number of amides is 1. The van der Waals surface area contributed by atoms with Crippen LogP contribution in [0.5, 0.6) is 0 Å². The van der Waals surface area contributed by atoms with Gasteiger partial charge < -0.3 is 19.3 Å². The molecule has 0 radical (unpaired) electrons. The molecule has 1 amide bonds. The normalized spacial score (nSPS) is 19.7. The molecule has 0 spiro atoms. The standard InChI is InChI=1S/C12H16N2O5/c1-18-7-10-4-9(13-19-10)6-14-5-8(12(16)17)2-3-11(14)15/h4,8H,2-3,5-7H2,1H3,(H,16,17). The van der Waals surface area contributed by atoms with Gasteiger partial charge in [0.05, 0.1) is 12.5 Å². The van der Waals surface area contributed by atoms with Crippen LogP contribution >= 0.6 is 0 Å². The average Bonchev–Trinajstić information content (AvgIpc) is 2.80. The molecule has 0 bridgehead atoms. The van der Waals surface area contributed by atoms with Crippen LogP contribution in [0.25, 0.3) is 0 Å². The molecule has 1 aromatic rings. The summed E-state index contributed by atoms with van der Waals surface area (Å²) in [5.41, 5.74) is 0.603. The summed E-state index contributed by atoms with van der Waals surface area (Å²) in [5, 5.41) is 12.8. The first-order valence-electron chi connectivity index (χ1n) is 6.04. The highest BCUT2D eigenvalue weighted by atomic mass is 16.5. The zero-order chi connectivity index (χ0) is 13.8. The summed E-state index contributed by atoms with van der Waals surface area (Å²) in [6.45, 7) is 0.815. The number of likely N-dealkylation sites (tertiary alicyclic amines) is 1. The van der Waals surface area contributed by atoms with E-state index in [0.29, 0.717) is 24.5 Å². The van der Waals surface area contributed by atoms with E-state index in [-0.39, 0.29) is 25.4 Å². The number of carbonyl (C=O) groups is 2. The Bertz CT molecular complexity index is 470. The van der Waals surface area contributed by atoms with Crippen molar-refractivity contribution in [2.45, 2.75) is 26.0 Å². The molecule has 1 unspecified atom stereocenters. The minimum Gasteiger partial charge on any atom is -0.481 e. The molecule has 1 aliphatic rings. The quantitative estimate of drug-likeness (QED) is 0.842. The first-order chi connectivity index (χ1) is 9.10. The van der Waals surface area contributed by atoms with E-state index in [9.17, 15) is 9.59 Å². The summed E-state index contributed by atoms with van der Waals surface area (Å²) in [4.78, 5) is 24.2. The number of carboxylic acid groups (broad SMARTS) is 1. The van der Waals surface area contributed by atoms with Gasteiger partial charge in [0.1, 0.15) is 12.3 Å². The topological polar surface area (TPSA) is 92.9 Å². The second kappa shape index (κ2) is 5.83. The number of piperidine rings is 1. The van der Waals surface area contributed by atoms with Gasteiger partial charge in [0.2, 0.25) is 5.91 Å². The maximum Gasteiger partial charge on any atom is 0.308 e. The van der Waals surface area contributed by atoms with Crippen molar-refractivity contribution in [2.24, 2.45) is 5.92 Å². The minimum absolute atomic E-state index is 0.0474. The lowest BCUT2D eigenvalue weighted by atomic mass is 9.97. The third-order valence-electron chi connectivity index (χ3n) is 3.10. The molecule has 2 rings (SSSR count). The first kappa shape index (κ1) is 13.5. The van der Waals surface area contributed by atoms with Crippen LogP contribution in [0.3, 0.4) is 0 Å². The summed E-state index contributed by atoms with van der Waals surface area (Å²) in [6, 6.07) is 1.71. The molecular formula is C12H16N2O5. The second-order valence-corrected chi connectivity index (χ2v) is 4.57. The molecule has 1 saturated heterocycles. The lowest BCUT2D eigenvalue weighted by Crippen LogP contribution is -2.42. The summed E-state index contributed by atoms with van der Waals surface area (Å²) in [5.74, 6) is -0.827. The van der Waals surface area contributed by atoms with Gasteiger partial charge >= 0.3 is 5.97 Å². The van der Waals surface area contributed by atoms with Crippen molar-refractivity contribution in [1.29, 1.82) is 0 Å². The van der Waals surface area contributed by atoms with Gasteiger partial charge in [0.15, 0.2) is 5.76 Å². The Morgan fingerprint density at radius 1 is 1.68 bits per heavy atom. The van der Waals surface area contributed by atoms with Gasteiger partial charge in [-0.3, -0.25) is 9.59 Å². The smallest absolute Gasteiger partial charge is 0.308 e. The molecule has 7 nitrogen and oxygen atoms in total. The molecule has 1 aliphatic heterocycles. The van der Waals surface area contributed by atoms with E-state index < -0.39 is 11.9 Å². The van der Waals surface area contributed by atoms with Gasteiger partial charge in [-0.25, -0.2) is 0 Å². The third-order valence-corrected chi connectivity index (χ3v) is 3.10. The number of aliphatic carboxylic acids is 1. The van der Waals surface area contributed by atoms with Crippen molar-refractivity contribution in [1.82, 2.24) is 10.1 Å². The van der Waals surface area contributed by atoms with Gasteiger partial charge in [-0.1, -0.05) is 5.16 Å². The van der Waals surface area contributed by atoms with Gasteiger partial charge in [0.25, 0.3) is 0 Å². The number of methoxy groups -OCH3 is 1. The summed E-state index contributed by atoms with van der Waals surface area (Å²) >= 11 is 0. The van der Waals surface area contributed by atoms with Crippen LogP contribution in [-0.2, 0) is 27.5 Å². The SMILES string of the molecule is COCc1cc(CN2CC(C(=O)O)CCC2=O)no1. The maximum atomic E-state index is 11.7. The van der Waals surface area contributed by atoms with Crippen LogP contribution < -0.4 is 0 Å². The molecule has 1 aromatic heterocycles. The number of ether oxygens (including phenoxy) is 1. The predicted octanol–water partition coefficient (Wildman–Crippen LogP) is 0.644. The molecular weight excluding hydrogens is 252 g/mol. The molecule has 7 heteroatoms. The van der Waals surface area contributed by atoms with Crippen molar-refractivity contribution in [3.05, 3.63) is 17.5 Å². The monoisotopic (exact) mass is 268 g/mol. The number of aromatic nitrogens is 1. The van der Waals surface area contributed by atoms with Gasteiger partial charge in [0, 0.05) is 26.1 Å². The Kier molecular flexibility index (Phi) is 4.16. The number of carboxylic acids is 1. The number of hydrogen-bond acceptors (Lipinski definition) is 5. The maximum absolute atomic E-state index is 11.7. The summed E-state index contributed by atoms with van der Waals surface area (Å²) in [7, 11) is 1.55. The highest BCUT2D eigenvalue weighted by Crippen LogP contribution is 2.20. The van der Waals surface area contributed by atoms with Crippen LogP contribution in [0.2, 0.25) is 0 Å². The Labute approximate surface area is 110 Å². The van der Waals surface area contributed by atoms with Crippen molar-refractivity contribution < 1.29 is 24.0 Å². The summed E-state index contributed by atoms with van der Waals surface area (Å²) in [6.07, 6.45) is 0.665. The molecule has 0 aromatic carbocycles. The fraction of sp³-hybridized carbons (Fsp3) is 0.583. The van der Waals surface area contributed by atoms with Crippen LogP contribution in [0.1, 0.15) is 24.3 Å². The number of nitrogens with zero attached hydrogens (tertiary/aromatic N) is 2. The zero-order valence-corrected chi connectivity index (χ0v) is 10.7. The average molecular weight is 268 g/mol. The van der Waals surface area contributed by atoms with Crippen molar-refractivity contribution in [3.63, 3.8) is 0 Å². The molecule has 0 aliphatic carbocycles. The number of hydrogen-bond donors (Lipinski definition) is 1. The fourth-order valence-corrected chi connectivity index (χ4v) is 2.11. The van der Waals surface area contributed by atoms with Crippen molar-refractivity contribution in [2.75, 3.05) is 13.7 Å². The van der Waals surface area contributed by atoms with Crippen LogP contribution in [0, 0.1) is 5.92 Å². The van der Waals surface area contributed by atoms with E-state index in [1.165, 1.54) is 4.90 Å². The highest BCUT2D eigenvalue weighted by molar-refractivity contribution is 5.80. The van der Waals surface area contributed by atoms with Crippen molar-refractivity contribution in [3.8, 4) is 0 Å². The van der Waals surface area contributed by atoms with Gasteiger partial charge in [-0.15, -0.1) is 0 Å². The number of carbonyl (C=O) groups excluding carboxylic acids is 1. The summed E-state index contributed by atoms with van der Waals surface area (Å²) < 4.78 is 9.94. The lowest BCUT2D eigenvalue weighted by Gasteiger charge is -2.29. The largest absolute Gasteiger partial charge is 0.481 e. The fourth-order valence-electron chi connectivity index (χ4n) is 2.11. The Hall–Kier alpha value is -1.89. The Morgan fingerprint density at radius 2 is 2.47 bits per heavy atom.